The number of nitrogens with zero attached hydrogens (tertiary/aromatic N) is 2. The minimum absolute atomic E-state index is 1.03. The van der Waals surface area contributed by atoms with Crippen molar-refractivity contribution in [3.05, 3.63) is 69.3 Å². The van der Waals surface area contributed by atoms with Crippen LogP contribution in [0.25, 0.3) is 46.4 Å². The summed E-state index contributed by atoms with van der Waals surface area (Å²) < 4.78 is 0. The minimum atomic E-state index is 1.03. The summed E-state index contributed by atoms with van der Waals surface area (Å²) in [6.45, 7) is 9.12. The number of hydrogen-bond acceptors (Lipinski definition) is 2. The van der Waals surface area contributed by atoms with Crippen LogP contribution in [-0.2, 0) is 25.7 Å². The SMILES string of the molecule is CCCCCc1c2nc(c(CCCCC)c3ccc([nH]3)c(CCCCC)c3nc(c(CCCCC)c4ccc1[nH]4)C=C3)C=C2. The monoisotopic (exact) mass is 590 g/mol. The van der Waals surface area contributed by atoms with Crippen molar-refractivity contribution in [2.45, 2.75) is 130 Å². The molecule has 8 bridgehead atoms. The normalized spacial score (nSPS) is 12.5. The van der Waals surface area contributed by atoms with Crippen LogP contribution >= 0.6 is 0 Å². The molecule has 2 aliphatic heterocycles. The maximum absolute atomic E-state index is 5.36. The first-order chi connectivity index (χ1) is 21.7. The highest BCUT2D eigenvalue weighted by Crippen LogP contribution is 2.29. The summed E-state index contributed by atoms with van der Waals surface area (Å²) in [4.78, 5) is 18.5. The van der Waals surface area contributed by atoms with E-state index < -0.39 is 0 Å². The highest BCUT2D eigenvalue weighted by Gasteiger charge is 2.16. The zero-order valence-corrected chi connectivity index (χ0v) is 27.8. The molecule has 0 saturated heterocycles. The lowest BCUT2D eigenvalue weighted by Crippen LogP contribution is -1.96. The Morgan fingerprint density at radius 2 is 0.636 bits per heavy atom. The van der Waals surface area contributed by atoms with Crippen LogP contribution in [0.5, 0.6) is 0 Å². The molecule has 0 saturated carbocycles. The molecule has 0 aromatic carbocycles. The highest BCUT2D eigenvalue weighted by atomic mass is 14.8. The summed E-state index contributed by atoms with van der Waals surface area (Å²) in [6, 6.07) is 9.16. The van der Waals surface area contributed by atoms with Gasteiger partial charge >= 0.3 is 0 Å². The molecule has 4 heteroatoms. The smallest absolute Gasteiger partial charge is 0.0690 e. The van der Waals surface area contributed by atoms with Crippen molar-refractivity contribution < 1.29 is 0 Å². The lowest BCUT2D eigenvalue weighted by atomic mass is 10.1. The van der Waals surface area contributed by atoms with Crippen molar-refractivity contribution in [3.8, 4) is 0 Å². The number of rotatable bonds is 16. The van der Waals surface area contributed by atoms with E-state index in [-0.39, 0.29) is 0 Å². The first-order valence-electron chi connectivity index (χ1n) is 17.8. The average molecular weight is 591 g/mol. The molecule has 0 amide bonds. The zero-order valence-electron chi connectivity index (χ0n) is 27.8. The minimum Gasteiger partial charge on any atom is -0.355 e. The Morgan fingerprint density at radius 1 is 0.386 bits per heavy atom. The molecule has 0 atom stereocenters. The zero-order chi connectivity index (χ0) is 30.7. The van der Waals surface area contributed by atoms with Crippen LogP contribution < -0.4 is 0 Å². The largest absolute Gasteiger partial charge is 0.355 e. The Morgan fingerprint density at radius 3 is 0.864 bits per heavy atom. The standard InChI is InChI=1S/C40H54N4/c1-5-9-13-17-29-33-21-23-35(41-33)30(18-14-10-6-2)37-25-27-39(43-37)32(20-16-12-8-4)40-28-26-38(44-40)31(19-15-11-7-3)36-24-22-34(29)42-36/h21-28,41,44H,5-20H2,1-4H3. The molecule has 234 valence electrons. The molecular formula is C40H54N4. The van der Waals surface area contributed by atoms with E-state index in [4.69, 9.17) is 9.97 Å². The molecule has 0 fully saturated rings. The van der Waals surface area contributed by atoms with Crippen LogP contribution in [0.15, 0.2) is 24.3 Å². The van der Waals surface area contributed by atoms with Gasteiger partial charge in [0.15, 0.2) is 0 Å². The first kappa shape index (κ1) is 32.0. The van der Waals surface area contributed by atoms with E-state index in [2.05, 4.69) is 86.2 Å². The molecular weight excluding hydrogens is 536 g/mol. The molecule has 2 aliphatic rings. The second kappa shape index (κ2) is 16.1. The Balaban J connectivity index is 1.82. The fraction of sp³-hybridized carbons (Fsp3) is 0.500. The molecule has 3 aromatic heterocycles. The molecule has 0 aliphatic carbocycles. The maximum atomic E-state index is 5.36. The third-order valence-corrected chi connectivity index (χ3v) is 9.31. The van der Waals surface area contributed by atoms with Gasteiger partial charge in [-0.3, -0.25) is 0 Å². The third kappa shape index (κ3) is 7.62. The second-order valence-corrected chi connectivity index (χ2v) is 12.7. The molecule has 0 spiro atoms. The Hall–Kier alpha value is -3.40. The van der Waals surface area contributed by atoms with E-state index >= 15 is 0 Å². The van der Waals surface area contributed by atoms with Crippen LogP contribution in [0.2, 0.25) is 0 Å². The van der Waals surface area contributed by atoms with Crippen LogP contribution in [0, 0.1) is 0 Å². The summed E-state index contributed by atoms with van der Waals surface area (Å²) in [7, 11) is 0. The lowest BCUT2D eigenvalue weighted by Gasteiger charge is -2.06. The number of H-pyrrole nitrogens is 2. The van der Waals surface area contributed by atoms with E-state index in [1.54, 1.807) is 0 Å². The van der Waals surface area contributed by atoms with Crippen LogP contribution in [0.4, 0.5) is 0 Å². The van der Waals surface area contributed by atoms with Gasteiger partial charge in [0.1, 0.15) is 0 Å². The molecule has 0 radical (unpaired) electrons. The average Bonchev–Trinajstić information content (AvgIpc) is 3.86. The van der Waals surface area contributed by atoms with Gasteiger partial charge in [-0.15, -0.1) is 0 Å². The second-order valence-electron chi connectivity index (χ2n) is 12.7. The Kier molecular flexibility index (Phi) is 11.7. The summed E-state index contributed by atoms with van der Waals surface area (Å²) in [5, 5.41) is 0. The van der Waals surface area contributed by atoms with Gasteiger partial charge in [0.2, 0.25) is 0 Å². The highest BCUT2D eigenvalue weighted by molar-refractivity contribution is 5.83. The van der Waals surface area contributed by atoms with Gasteiger partial charge in [0.05, 0.1) is 22.8 Å². The Bertz CT molecular complexity index is 1380. The van der Waals surface area contributed by atoms with E-state index in [0.717, 1.165) is 48.5 Å². The van der Waals surface area contributed by atoms with Crippen LogP contribution in [0.1, 0.15) is 150 Å². The quantitative estimate of drug-likeness (QED) is 0.112. The van der Waals surface area contributed by atoms with Crippen molar-refractivity contribution >= 4 is 46.4 Å². The van der Waals surface area contributed by atoms with E-state index in [1.807, 2.05) is 0 Å². The molecule has 44 heavy (non-hydrogen) atoms. The third-order valence-electron chi connectivity index (χ3n) is 9.31. The molecule has 2 N–H and O–H groups in total. The van der Waals surface area contributed by atoms with E-state index in [9.17, 15) is 0 Å². The Labute approximate surface area is 265 Å². The topological polar surface area (TPSA) is 57.4 Å². The predicted molar refractivity (Wildman–Crippen MR) is 192 cm³/mol. The van der Waals surface area contributed by atoms with Crippen molar-refractivity contribution in [1.82, 2.24) is 19.9 Å². The fourth-order valence-electron chi connectivity index (χ4n) is 6.70. The molecule has 5 heterocycles. The number of fused-ring (bicyclic) bond motifs is 8. The van der Waals surface area contributed by atoms with Gasteiger partial charge in [-0.25, -0.2) is 9.97 Å². The number of aromatic amines is 2. The van der Waals surface area contributed by atoms with Gasteiger partial charge in [-0.1, -0.05) is 79.1 Å². The van der Waals surface area contributed by atoms with Gasteiger partial charge in [0, 0.05) is 44.3 Å². The number of nitrogens with one attached hydrogen (secondary N) is 2. The summed E-state index contributed by atoms with van der Waals surface area (Å²) in [6.07, 6.45) is 27.6. The van der Waals surface area contributed by atoms with Crippen molar-refractivity contribution in [1.29, 1.82) is 0 Å². The lowest BCUT2D eigenvalue weighted by molar-refractivity contribution is 0.714. The molecule has 0 unspecified atom stereocenters. The summed E-state index contributed by atoms with van der Waals surface area (Å²) in [5.74, 6) is 0. The number of unbranched alkanes of at least 4 members (excludes halogenated alkanes) is 8. The summed E-state index contributed by atoms with van der Waals surface area (Å²) >= 11 is 0. The van der Waals surface area contributed by atoms with Crippen molar-refractivity contribution in [2.75, 3.05) is 0 Å². The van der Waals surface area contributed by atoms with E-state index in [1.165, 1.54) is 121 Å². The van der Waals surface area contributed by atoms with Gasteiger partial charge in [0.25, 0.3) is 0 Å². The predicted octanol–water partition coefficient (Wildman–Crippen LogP) is 11.6. The number of aromatic nitrogens is 4. The molecule has 4 nitrogen and oxygen atoms in total. The molecule has 5 rings (SSSR count). The first-order valence-corrected chi connectivity index (χ1v) is 17.8. The van der Waals surface area contributed by atoms with Gasteiger partial charge in [-0.05, 0) is 99.9 Å². The van der Waals surface area contributed by atoms with Crippen molar-refractivity contribution in [2.24, 2.45) is 0 Å². The number of aryl methyl sites for hydroxylation is 4. The van der Waals surface area contributed by atoms with Crippen LogP contribution in [0.3, 0.4) is 0 Å². The van der Waals surface area contributed by atoms with Crippen molar-refractivity contribution in [3.63, 3.8) is 0 Å². The fourth-order valence-corrected chi connectivity index (χ4v) is 6.70. The van der Waals surface area contributed by atoms with Gasteiger partial charge in [-0.2, -0.15) is 0 Å². The molecule has 3 aromatic rings. The van der Waals surface area contributed by atoms with Crippen LogP contribution in [-0.4, -0.2) is 19.9 Å². The maximum Gasteiger partial charge on any atom is 0.0690 e. The van der Waals surface area contributed by atoms with Gasteiger partial charge < -0.3 is 9.97 Å². The van der Waals surface area contributed by atoms with E-state index in [0.29, 0.717) is 0 Å². The summed E-state index contributed by atoms with van der Waals surface area (Å²) in [5.41, 5.74) is 14.6. The number of hydrogen-bond donors (Lipinski definition) is 2.